The third-order valence-corrected chi connectivity index (χ3v) is 5.76. The minimum atomic E-state index is 0.222. The Morgan fingerprint density at radius 2 is 1.78 bits per heavy atom. The van der Waals surface area contributed by atoms with Gasteiger partial charge in [-0.25, -0.2) is 0 Å². The first kappa shape index (κ1) is 16.0. The van der Waals surface area contributed by atoms with Crippen LogP contribution in [0.2, 0.25) is 0 Å². The monoisotopic (exact) mass is 254 g/mol. The van der Waals surface area contributed by atoms with Crippen molar-refractivity contribution in [2.45, 2.75) is 78.8 Å². The molecule has 1 aliphatic carbocycles. The van der Waals surface area contributed by atoms with E-state index in [9.17, 15) is 0 Å². The average Bonchev–Trinajstić information content (AvgIpc) is 2.33. The van der Waals surface area contributed by atoms with Gasteiger partial charge in [-0.1, -0.05) is 34.6 Å². The molecule has 0 aromatic heterocycles. The minimum Gasteiger partial charge on any atom is -0.327 e. The van der Waals surface area contributed by atoms with Crippen molar-refractivity contribution < 1.29 is 0 Å². The number of hydrogen-bond donors (Lipinski definition) is 2. The quantitative estimate of drug-likeness (QED) is 0.808. The Hall–Kier alpha value is -0.0800. The summed E-state index contributed by atoms with van der Waals surface area (Å²) in [5, 5.41) is 3.57. The fraction of sp³-hybridized carbons (Fsp3) is 1.00. The molecule has 3 unspecified atom stereocenters. The Kier molecular flexibility index (Phi) is 5.25. The van der Waals surface area contributed by atoms with Crippen LogP contribution in [0.1, 0.15) is 66.7 Å². The molecule has 18 heavy (non-hydrogen) atoms. The summed E-state index contributed by atoms with van der Waals surface area (Å²) >= 11 is 0. The Bertz CT molecular complexity index is 262. The Morgan fingerprint density at radius 1 is 1.22 bits per heavy atom. The molecule has 2 heteroatoms. The minimum absolute atomic E-state index is 0.222. The van der Waals surface area contributed by atoms with Crippen molar-refractivity contribution in [1.82, 2.24) is 5.32 Å². The highest BCUT2D eigenvalue weighted by Gasteiger charge is 2.44. The zero-order valence-corrected chi connectivity index (χ0v) is 13.3. The van der Waals surface area contributed by atoms with Crippen molar-refractivity contribution in [3.8, 4) is 0 Å². The second kappa shape index (κ2) is 5.92. The number of nitrogens with two attached hydrogens (primary N) is 1. The van der Waals surface area contributed by atoms with Gasteiger partial charge in [-0.2, -0.15) is 0 Å². The van der Waals surface area contributed by atoms with Crippen molar-refractivity contribution >= 4 is 0 Å². The molecule has 0 bridgehead atoms. The highest BCUT2D eigenvalue weighted by Crippen LogP contribution is 2.45. The van der Waals surface area contributed by atoms with E-state index in [1.165, 1.54) is 25.7 Å². The van der Waals surface area contributed by atoms with Crippen molar-refractivity contribution in [1.29, 1.82) is 0 Å². The summed E-state index contributed by atoms with van der Waals surface area (Å²) < 4.78 is 0. The summed E-state index contributed by atoms with van der Waals surface area (Å²) in [5.74, 6) is 0.685. The first-order valence-corrected chi connectivity index (χ1v) is 7.70. The summed E-state index contributed by atoms with van der Waals surface area (Å²) in [4.78, 5) is 0. The van der Waals surface area contributed by atoms with Gasteiger partial charge in [0, 0.05) is 17.5 Å². The molecule has 1 rings (SSSR count). The number of hydrogen-bond acceptors (Lipinski definition) is 2. The maximum absolute atomic E-state index is 6.49. The molecule has 1 fully saturated rings. The Morgan fingerprint density at radius 3 is 2.28 bits per heavy atom. The average molecular weight is 254 g/mol. The molecular weight excluding hydrogens is 220 g/mol. The molecule has 0 saturated heterocycles. The van der Waals surface area contributed by atoms with Crippen molar-refractivity contribution in [3.05, 3.63) is 0 Å². The maximum Gasteiger partial charge on any atom is 0.0135 e. The van der Waals surface area contributed by atoms with E-state index in [4.69, 9.17) is 5.73 Å². The second-order valence-corrected chi connectivity index (χ2v) is 7.36. The highest BCUT2D eigenvalue weighted by molar-refractivity contribution is 4.99. The lowest BCUT2D eigenvalue weighted by Crippen LogP contribution is -2.57. The van der Waals surface area contributed by atoms with Crippen LogP contribution in [0.3, 0.4) is 0 Å². The van der Waals surface area contributed by atoms with E-state index in [1.807, 2.05) is 0 Å². The van der Waals surface area contributed by atoms with Crippen LogP contribution in [0.4, 0.5) is 0 Å². The third kappa shape index (κ3) is 3.08. The normalized spacial score (nSPS) is 38.8. The van der Waals surface area contributed by atoms with Crippen molar-refractivity contribution in [2.24, 2.45) is 22.5 Å². The van der Waals surface area contributed by atoms with Crippen LogP contribution < -0.4 is 11.1 Å². The van der Waals surface area contributed by atoms with Crippen LogP contribution in [0.15, 0.2) is 0 Å². The van der Waals surface area contributed by atoms with Crippen molar-refractivity contribution in [2.75, 3.05) is 7.05 Å². The lowest BCUT2D eigenvalue weighted by molar-refractivity contribution is 0.0485. The predicted octanol–water partition coefficient (Wildman–Crippen LogP) is 3.55. The second-order valence-electron chi connectivity index (χ2n) is 7.36. The van der Waals surface area contributed by atoms with E-state index in [1.54, 1.807) is 0 Å². The number of nitrogens with one attached hydrogen (secondary N) is 1. The predicted molar refractivity (Wildman–Crippen MR) is 80.6 cm³/mol. The molecule has 0 radical (unpaired) electrons. The van der Waals surface area contributed by atoms with Gasteiger partial charge in [0.1, 0.15) is 0 Å². The summed E-state index contributed by atoms with van der Waals surface area (Å²) in [6.07, 6.45) is 6.25. The van der Waals surface area contributed by atoms with E-state index in [0.29, 0.717) is 23.4 Å². The molecule has 3 N–H and O–H groups in total. The lowest BCUT2D eigenvalue weighted by atomic mass is 9.60. The van der Waals surface area contributed by atoms with Gasteiger partial charge in [-0.3, -0.25) is 0 Å². The smallest absolute Gasteiger partial charge is 0.0135 e. The molecule has 0 aromatic rings. The SMILES string of the molecule is CCC(N)C1(C)C(C)CCC(C)(C)CC[C@H]1NC. The van der Waals surface area contributed by atoms with Crippen LogP contribution in [-0.4, -0.2) is 19.1 Å². The van der Waals surface area contributed by atoms with Crippen LogP contribution in [0.5, 0.6) is 0 Å². The molecular formula is C16H34N2. The van der Waals surface area contributed by atoms with Crippen LogP contribution in [0, 0.1) is 16.7 Å². The molecule has 2 nitrogen and oxygen atoms in total. The fourth-order valence-electron chi connectivity index (χ4n) is 3.75. The van der Waals surface area contributed by atoms with E-state index < -0.39 is 0 Å². The lowest BCUT2D eigenvalue weighted by Gasteiger charge is -2.49. The summed E-state index contributed by atoms with van der Waals surface area (Å²) in [6.45, 7) is 11.9. The first-order valence-electron chi connectivity index (χ1n) is 7.70. The first-order chi connectivity index (χ1) is 8.28. The topological polar surface area (TPSA) is 38.0 Å². The molecule has 4 atom stereocenters. The molecule has 108 valence electrons. The van der Waals surface area contributed by atoms with E-state index >= 15 is 0 Å². The standard InChI is InChI=1S/C16H34N2/c1-7-13(17)16(5)12(2)8-10-15(3,4)11-9-14(16)18-6/h12-14,18H,7-11,17H2,1-6H3/t12?,13?,14-,16?/m1/s1. The third-order valence-electron chi connectivity index (χ3n) is 5.76. The van der Waals surface area contributed by atoms with E-state index in [2.05, 4.69) is 47.0 Å². The fourth-order valence-corrected chi connectivity index (χ4v) is 3.75. The number of rotatable bonds is 3. The summed E-state index contributed by atoms with van der Waals surface area (Å²) in [5.41, 5.74) is 7.20. The molecule has 1 saturated carbocycles. The zero-order valence-electron chi connectivity index (χ0n) is 13.3. The molecule has 0 spiro atoms. The summed E-state index contributed by atoms with van der Waals surface area (Å²) in [6, 6.07) is 0.841. The van der Waals surface area contributed by atoms with E-state index in [0.717, 1.165) is 6.42 Å². The molecule has 0 aliphatic heterocycles. The Labute approximate surface area is 114 Å². The van der Waals surface area contributed by atoms with Gasteiger partial charge < -0.3 is 11.1 Å². The van der Waals surface area contributed by atoms with E-state index in [-0.39, 0.29) is 5.41 Å². The molecule has 0 heterocycles. The van der Waals surface area contributed by atoms with Gasteiger partial charge >= 0.3 is 0 Å². The maximum atomic E-state index is 6.49. The highest BCUT2D eigenvalue weighted by atomic mass is 14.9. The van der Waals surface area contributed by atoms with Crippen LogP contribution in [0.25, 0.3) is 0 Å². The van der Waals surface area contributed by atoms with Crippen LogP contribution >= 0.6 is 0 Å². The molecule has 0 aromatic carbocycles. The largest absolute Gasteiger partial charge is 0.327 e. The molecule has 1 aliphatic rings. The van der Waals surface area contributed by atoms with Gasteiger partial charge in [0.15, 0.2) is 0 Å². The zero-order chi connectivity index (χ0) is 14.0. The van der Waals surface area contributed by atoms with Crippen molar-refractivity contribution in [3.63, 3.8) is 0 Å². The molecule has 0 amide bonds. The van der Waals surface area contributed by atoms with Gasteiger partial charge in [0.05, 0.1) is 0 Å². The Balaban J connectivity index is 2.98. The van der Waals surface area contributed by atoms with Gasteiger partial charge in [0.25, 0.3) is 0 Å². The van der Waals surface area contributed by atoms with Crippen LogP contribution in [-0.2, 0) is 0 Å². The van der Waals surface area contributed by atoms with Gasteiger partial charge in [0.2, 0.25) is 0 Å². The van der Waals surface area contributed by atoms with Gasteiger partial charge in [-0.05, 0) is 50.5 Å². The van der Waals surface area contributed by atoms with Gasteiger partial charge in [-0.15, -0.1) is 0 Å². The summed E-state index contributed by atoms with van der Waals surface area (Å²) in [7, 11) is 2.10.